The lowest BCUT2D eigenvalue weighted by molar-refractivity contribution is 1.10. The molecule has 0 saturated heterocycles. The molecule has 0 atom stereocenters. The Kier molecular flexibility index (Phi) is 2.56. The number of hydrogen-bond acceptors (Lipinski definition) is 2. The van der Waals surface area contributed by atoms with Crippen molar-refractivity contribution in [3.8, 4) is 0 Å². The maximum absolute atomic E-state index is 5.31. The van der Waals surface area contributed by atoms with E-state index in [1.807, 2.05) is 11.8 Å². The molecule has 2 nitrogen and oxygen atoms in total. The quantitative estimate of drug-likeness (QED) is 0.578. The van der Waals surface area contributed by atoms with Gasteiger partial charge in [-0.2, -0.15) is 11.8 Å². The van der Waals surface area contributed by atoms with E-state index in [0.717, 1.165) is 11.5 Å². The fourth-order valence-corrected chi connectivity index (χ4v) is 2.04. The van der Waals surface area contributed by atoms with Crippen molar-refractivity contribution in [1.82, 2.24) is 5.32 Å². The Morgan fingerprint density at radius 1 is 1.70 bits per heavy atom. The summed E-state index contributed by atoms with van der Waals surface area (Å²) in [7, 11) is 0. The molecule has 1 rings (SSSR count). The Balaban J connectivity index is 2.54. The normalized spacial score (nSPS) is 17.7. The van der Waals surface area contributed by atoms with Gasteiger partial charge >= 0.3 is 0 Å². The highest BCUT2D eigenvalue weighted by atomic mass is 32.2. The van der Waals surface area contributed by atoms with E-state index in [1.54, 1.807) is 0 Å². The van der Waals surface area contributed by atoms with Gasteiger partial charge in [0, 0.05) is 17.2 Å². The molecule has 0 fully saturated rings. The molecule has 1 heterocycles. The summed E-state index contributed by atoms with van der Waals surface area (Å²) in [5.74, 6) is 2.12. The van der Waals surface area contributed by atoms with E-state index in [-0.39, 0.29) is 0 Å². The van der Waals surface area contributed by atoms with E-state index >= 15 is 0 Å². The van der Waals surface area contributed by atoms with E-state index in [1.165, 1.54) is 11.3 Å². The van der Waals surface area contributed by atoms with Crippen LogP contribution in [0.4, 0.5) is 0 Å². The van der Waals surface area contributed by atoms with E-state index in [9.17, 15) is 0 Å². The largest absolute Gasteiger partial charge is 0.376 e. The molecule has 10 heavy (non-hydrogen) atoms. The van der Waals surface area contributed by atoms with Gasteiger partial charge in [0.2, 0.25) is 0 Å². The number of thioether (sulfide) groups is 1. The minimum atomic E-state index is 0.372. The Bertz CT molecular complexity index is 186. The Hall–Kier alpha value is -0.220. The number of nitrogens with one attached hydrogen (secondary N) is 1. The molecule has 0 saturated carbocycles. The number of hydrogen-bond donors (Lipinski definition) is 2. The minimum absolute atomic E-state index is 0.372. The molecule has 1 aliphatic heterocycles. The van der Waals surface area contributed by atoms with E-state index in [4.69, 9.17) is 18.0 Å². The lowest BCUT2D eigenvalue weighted by Gasteiger charge is -2.03. The fraction of sp³-hybridized carbons (Fsp3) is 0.500. The van der Waals surface area contributed by atoms with Crippen molar-refractivity contribution >= 4 is 29.1 Å². The zero-order valence-corrected chi connectivity index (χ0v) is 7.44. The van der Waals surface area contributed by atoms with Crippen molar-refractivity contribution in [1.29, 1.82) is 0 Å². The molecule has 0 aromatic heterocycles. The third-order valence-electron chi connectivity index (χ3n) is 1.35. The van der Waals surface area contributed by atoms with Gasteiger partial charge in [0.05, 0.1) is 0 Å². The van der Waals surface area contributed by atoms with Crippen LogP contribution in [-0.4, -0.2) is 16.6 Å². The summed E-state index contributed by atoms with van der Waals surface area (Å²) < 4.78 is 0. The van der Waals surface area contributed by atoms with Gasteiger partial charge in [0.15, 0.2) is 5.11 Å². The molecule has 0 spiro atoms. The zero-order valence-electron chi connectivity index (χ0n) is 5.81. The van der Waals surface area contributed by atoms with Crippen LogP contribution >= 0.6 is 24.0 Å². The molecular formula is C6H10N2S2. The van der Waals surface area contributed by atoms with Crippen molar-refractivity contribution in [2.75, 3.05) is 11.5 Å². The predicted octanol–water partition coefficient (Wildman–Crippen LogP) is 0.840. The van der Waals surface area contributed by atoms with Crippen LogP contribution in [0.5, 0.6) is 0 Å². The highest BCUT2D eigenvalue weighted by Gasteiger charge is 2.10. The summed E-state index contributed by atoms with van der Waals surface area (Å²) in [6.07, 6.45) is 0. The Morgan fingerprint density at radius 3 is 2.80 bits per heavy atom. The van der Waals surface area contributed by atoms with Crippen molar-refractivity contribution in [3.63, 3.8) is 0 Å². The molecule has 0 aromatic rings. The SMILES string of the molecule is CC1=C(NC(N)=S)CSC1. The van der Waals surface area contributed by atoms with Gasteiger partial charge in [0.1, 0.15) is 0 Å². The van der Waals surface area contributed by atoms with Crippen LogP contribution < -0.4 is 11.1 Å². The number of nitrogens with two attached hydrogens (primary N) is 1. The van der Waals surface area contributed by atoms with Gasteiger partial charge in [-0.05, 0) is 24.7 Å². The van der Waals surface area contributed by atoms with Crippen LogP contribution in [0, 0.1) is 0 Å². The van der Waals surface area contributed by atoms with Crippen molar-refractivity contribution in [3.05, 3.63) is 11.3 Å². The second kappa shape index (κ2) is 3.25. The Morgan fingerprint density at radius 2 is 2.40 bits per heavy atom. The monoisotopic (exact) mass is 174 g/mol. The highest BCUT2D eigenvalue weighted by molar-refractivity contribution is 7.99. The van der Waals surface area contributed by atoms with Crippen molar-refractivity contribution in [2.45, 2.75) is 6.92 Å². The highest BCUT2D eigenvalue weighted by Crippen LogP contribution is 2.21. The maximum atomic E-state index is 5.31. The molecule has 0 aliphatic carbocycles. The summed E-state index contributed by atoms with van der Waals surface area (Å²) in [6.45, 7) is 2.10. The van der Waals surface area contributed by atoms with E-state index in [0.29, 0.717) is 5.11 Å². The van der Waals surface area contributed by atoms with Crippen LogP contribution in [0.25, 0.3) is 0 Å². The van der Waals surface area contributed by atoms with E-state index in [2.05, 4.69) is 12.2 Å². The smallest absolute Gasteiger partial charge is 0.167 e. The van der Waals surface area contributed by atoms with Crippen LogP contribution in [0.1, 0.15) is 6.92 Å². The molecule has 1 aliphatic rings. The second-order valence-electron chi connectivity index (χ2n) is 2.24. The van der Waals surface area contributed by atoms with Gasteiger partial charge in [-0.25, -0.2) is 0 Å². The summed E-state index contributed by atoms with van der Waals surface area (Å²) in [5.41, 5.74) is 7.86. The average molecular weight is 174 g/mol. The lowest BCUT2D eigenvalue weighted by atomic mass is 10.3. The van der Waals surface area contributed by atoms with Gasteiger partial charge in [-0.1, -0.05) is 0 Å². The van der Waals surface area contributed by atoms with Crippen LogP contribution in [0.3, 0.4) is 0 Å². The molecule has 56 valence electrons. The third-order valence-corrected chi connectivity index (χ3v) is 2.59. The third kappa shape index (κ3) is 1.88. The molecule has 0 radical (unpaired) electrons. The van der Waals surface area contributed by atoms with Crippen LogP contribution in [-0.2, 0) is 0 Å². The summed E-state index contributed by atoms with van der Waals surface area (Å²) >= 11 is 6.59. The molecule has 0 bridgehead atoms. The molecule has 4 heteroatoms. The Labute approximate surface area is 70.2 Å². The van der Waals surface area contributed by atoms with Gasteiger partial charge in [-0.15, -0.1) is 0 Å². The van der Waals surface area contributed by atoms with Gasteiger partial charge in [-0.3, -0.25) is 0 Å². The fourth-order valence-electron chi connectivity index (χ4n) is 0.808. The van der Waals surface area contributed by atoms with Crippen LogP contribution in [0.15, 0.2) is 11.3 Å². The molecule has 3 N–H and O–H groups in total. The molecule has 0 amide bonds. The number of rotatable bonds is 1. The standard InChI is InChI=1S/C6H10N2S2/c1-4-2-10-3-5(4)8-6(7)9/h2-3H2,1H3,(H3,7,8,9). The number of thiocarbonyl (C=S) groups is 1. The molecule has 0 unspecified atom stereocenters. The van der Waals surface area contributed by atoms with Crippen LogP contribution in [0.2, 0.25) is 0 Å². The average Bonchev–Trinajstić information content (AvgIpc) is 2.15. The predicted molar refractivity (Wildman–Crippen MR) is 49.9 cm³/mol. The van der Waals surface area contributed by atoms with Gasteiger partial charge < -0.3 is 11.1 Å². The first-order valence-electron chi connectivity index (χ1n) is 3.03. The van der Waals surface area contributed by atoms with Crippen molar-refractivity contribution in [2.24, 2.45) is 5.73 Å². The lowest BCUT2D eigenvalue weighted by Crippen LogP contribution is -2.29. The first kappa shape index (κ1) is 7.88. The minimum Gasteiger partial charge on any atom is -0.376 e. The summed E-state index contributed by atoms with van der Waals surface area (Å²) in [6, 6.07) is 0. The maximum Gasteiger partial charge on any atom is 0.167 e. The topological polar surface area (TPSA) is 38.0 Å². The first-order valence-corrected chi connectivity index (χ1v) is 4.59. The summed E-state index contributed by atoms with van der Waals surface area (Å²) in [4.78, 5) is 0. The van der Waals surface area contributed by atoms with Gasteiger partial charge in [0.25, 0.3) is 0 Å². The first-order chi connectivity index (χ1) is 4.70. The van der Waals surface area contributed by atoms with E-state index < -0.39 is 0 Å². The summed E-state index contributed by atoms with van der Waals surface area (Å²) in [5, 5.41) is 3.33. The van der Waals surface area contributed by atoms with Crippen molar-refractivity contribution < 1.29 is 0 Å². The second-order valence-corrected chi connectivity index (χ2v) is 3.67. The zero-order chi connectivity index (χ0) is 7.56. The molecule has 0 aromatic carbocycles. The molecular weight excluding hydrogens is 164 g/mol.